The van der Waals surface area contributed by atoms with Crippen molar-refractivity contribution in [1.29, 1.82) is 0 Å². The lowest BCUT2D eigenvalue weighted by Crippen LogP contribution is -2.29. The van der Waals surface area contributed by atoms with Gasteiger partial charge in [-0.2, -0.15) is 0 Å². The number of ether oxygens (including phenoxy) is 2. The monoisotopic (exact) mass is 395 g/mol. The fraction of sp³-hybridized carbons (Fsp3) is 0.182. The van der Waals surface area contributed by atoms with Gasteiger partial charge in [0.25, 0.3) is 5.56 Å². The van der Waals surface area contributed by atoms with E-state index >= 15 is 0 Å². The Morgan fingerprint density at radius 1 is 1.11 bits per heavy atom. The summed E-state index contributed by atoms with van der Waals surface area (Å²) in [6.45, 7) is 1.89. The smallest absolute Gasteiger partial charge is 0.268 e. The highest BCUT2D eigenvalue weighted by Crippen LogP contribution is 2.24. The number of nitrogens with zero attached hydrogens (tertiary/aromatic N) is 1. The molecule has 0 saturated carbocycles. The minimum Gasteiger partial charge on any atom is -0.497 e. The average Bonchev–Trinajstić information content (AvgIpc) is 2.96. The molecule has 0 aliphatic heterocycles. The van der Waals surface area contributed by atoms with Gasteiger partial charge in [0, 0.05) is 30.3 Å². The van der Waals surface area contributed by atoms with Crippen molar-refractivity contribution < 1.29 is 14.3 Å². The first-order chi connectivity index (χ1) is 13.4. The van der Waals surface area contributed by atoms with Gasteiger partial charge in [0.1, 0.15) is 16.2 Å². The van der Waals surface area contributed by atoms with E-state index in [1.807, 2.05) is 31.2 Å². The molecule has 0 spiro atoms. The van der Waals surface area contributed by atoms with Crippen LogP contribution in [0.25, 0.3) is 12.2 Å². The third-order valence-corrected chi connectivity index (χ3v) is 5.57. The molecule has 0 aliphatic carbocycles. The van der Waals surface area contributed by atoms with E-state index in [4.69, 9.17) is 9.47 Å². The summed E-state index contributed by atoms with van der Waals surface area (Å²) in [5.74, 6) is 1.16. The molecular formula is C22H21NO4S. The minimum absolute atomic E-state index is 0.122. The number of thiazole rings is 1. The molecule has 5 nitrogen and oxygen atoms in total. The number of aromatic nitrogens is 1. The molecule has 2 aromatic carbocycles. The van der Waals surface area contributed by atoms with Gasteiger partial charge in [0.15, 0.2) is 5.78 Å². The Kier molecular flexibility index (Phi) is 5.80. The van der Waals surface area contributed by atoms with Crippen molar-refractivity contribution in [3.8, 4) is 11.5 Å². The van der Waals surface area contributed by atoms with E-state index in [0.717, 1.165) is 11.1 Å². The van der Waals surface area contributed by atoms with Crippen LogP contribution in [0.15, 0.2) is 47.3 Å². The van der Waals surface area contributed by atoms with E-state index < -0.39 is 0 Å². The summed E-state index contributed by atoms with van der Waals surface area (Å²) >= 11 is 1.27. The molecule has 0 atom stereocenters. The summed E-state index contributed by atoms with van der Waals surface area (Å²) in [6.07, 6.45) is 3.28. The summed E-state index contributed by atoms with van der Waals surface area (Å²) in [4.78, 5) is 25.3. The van der Waals surface area contributed by atoms with E-state index in [1.54, 1.807) is 45.5 Å². The molecule has 0 aliphatic rings. The molecule has 0 saturated heterocycles. The molecule has 3 aromatic rings. The van der Waals surface area contributed by atoms with Crippen LogP contribution in [0.1, 0.15) is 21.5 Å². The van der Waals surface area contributed by atoms with Crippen LogP contribution in [0.5, 0.6) is 11.5 Å². The molecular weight excluding hydrogens is 374 g/mol. The maximum atomic E-state index is 12.6. The number of Topliss-reactive ketones (excluding diaryl/α,β-unsaturated/α-hetero) is 1. The highest BCUT2D eigenvalue weighted by atomic mass is 32.1. The van der Waals surface area contributed by atoms with Gasteiger partial charge < -0.3 is 14.0 Å². The first kappa shape index (κ1) is 19.6. The van der Waals surface area contributed by atoms with Crippen LogP contribution in [0, 0.1) is 6.92 Å². The normalized spacial score (nSPS) is 12.3. The van der Waals surface area contributed by atoms with Gasteiger partial charge in [-0.1, -0.05) is 24.3 Å². The van der Waals surface area contributed by atoms with E-state index in [-0.39, 0.29) is 11.3 Å². The van der Waals surface area contributed by atoms with Crippen LogP contribution < -0.4 is 24.2 Å². The highest BCUT2D eigenvalue weighted by Gasteiger charge is 2.09. The maximum Gasteiger partial charge on any atom is 0.268 e. The predicted octanol–water partition coefficient (Wildman–Crippen LogP) is 2.26. The van der Waals surface area contributed by atoms with Gasteiger partial charge >= 0.3 is 0 Å². The van der Waals surface area contributed by atoms with E-state index in [2.05, 4.69) is 0 Å². The fourth-order valence-electron chi connectivity index (χ4n) is 2.83. The zero-order valence-electron chi connectivity index (χ0n) is 16.2. The van der Waals surface area contributed by atoms with Gasteiger partial charge in [0.2, 0.25) is 0 Å². The number of carbonyl (C=O) groups excluding carboxylic acids is 1. The van der Waals surface area contributed by atoms with Crippen LogP contribution in [-0.4, -0.2) is 24.6 Å². The molecule has 28 heavy (non-hydrogen) atoms. The van der Waals surface area contributed by atoms with Crippen LogP contribution in [0.3, 0.4) is 0 Å². The molecule has 6 heteroatoms. The van der Waals surface area contributed by atoms with Gasteiger partial charge in [0.05, 0.1) is 18.8 Å². The van der Waals surface area contributed by atoms with Crippen LogP contribution in [0.2, 0.25) is 0 Å². The largest absolute Gasteiger partial charge is 0.497 e. The number of hydrogen-bond acceptors (Lipinski definition) is 5. The number of methoxy groups -OCH3 is 2. The Balaban J connectivity index is 2.10. The molecule has 144 valence electrons. The Hall–Kier alpha value is -3.12. The standard InChI is InChI=1S/C22H21NO4S/c1-14-7-5-6-8-17(14)18(24)13-21-23(2)22(25)20(28-21)11-15-9-10-16(26-3)12-19(15)27-4/h5-13H,1-4H3/b20-11+,21-13-. The molecule has 0 radical (unpaired) electrons. The second-order valence-corrected chi connectivity index (χ2v) is 7.31. The summed E-state index contributed by atoms with van der Waals surface area (Å²) in [6, 6.07) is 12.8. The topological polar surface area (TPSA) is 57.5 Å². The Labute approximate surface area is 166 Å². The van der Waals surface area contributed by atoms with Gasteiger partial charge in [-0.25, -0.2) is 0 Å². The second-order valence-electron chi connectivity index (χ2n) is 6.24. The van der Waals surface area contributed by atoms with Crippen LogP contribution in [-0.2, 0) is 7.05 Å². The van der Waals surface area contributed by atoms with Crippen molar-refractivity contribution >= 4 is 29.3 Å². The van der Waals surface area contributed by atoms with Gasteiger partial charge in [-0.3, -0.25) is 9.59 Å². The van der Waals surface area contributed by atoms with E-state index in [1.165, 1.54) is 22.0 Å². The van der Waals surface area contributed by atoms with E-state index in [0.29, 0.717) is 26.3 Å². The number of benzene rings is 2. The van der Waals surface area contributed by atoms with Crippen LogP contribution in [0.4, 0.5) is 0 Å². The fourth-order valence-corrected chi connectivity index (χ4v) is 3.85. The SMILES string of the molecule is COc1ccc(/C=c2/s/c(=C\C(=O)c3ccccc3C)n(C)c2=O)c(OC)c1. The molecule has 0 amide bonds. The minimum atomic E-state index is -0.160. The first-order valence-corrected chi connectivity index (χ1v) is 9.47. The van der Waals surface area contributed by atoms with Gasteiger partial charge in [-0.15, -0.1) is 11.3 Å². The third kappa shape index (κ3) is 3.92. The maximum absolute atomic E-state index is 12.6. The quantitative estimate of drug-likeness (QED) is 0.622. The zero-order chi connectivity index (χ0) is 20.3. The Bertz CT molecular complexity index is 1200. The molecule has 1 heterocycles. The number of ketones is 1. The van der Waals surface area contributed by atoms with Crippen molar-refractivity contribution in [2.24, 2.45) is 7.05 Å². The second kappa shape index (κ2) is 8.27. The lowest BCUT2D eigenvalue weighted by Gasteiger charge is -2.06. The molecule has 0 unspecified atom stereocenters. The van der Waals surface area contributed by atoms with Crippen molar-refractivity contribution in [3.63, 3.8) is 0 Å². The van der Waals surface area contributed by atoms with Crippen molar-refractivity contribution in [1.82, 2.24) is 4.57 Å². The number of carbonyl (C=O) groups is 1. The van der Waals surface area contributed by atoms with Crippen molar-refractivity contribution in [2.45, 2.75) is 6.92 Å². The van der Waals surface area contributed by atoms with Gasteiger partial charge in [-0.05, 0) is 30.7 Å². The lowest BCUT2D eigenvalue weighted by molar-refractivity contribution is 0.106. The molecule has 0 fully saturated rings. The summed E-state index contributed by atoms with van der Waals surface area (Å²) in [5.41, 5.74) is 2.14. The molecule has 3 rings (SSSR count). The highest BCUT2D eigenvalue weighted by molar-refractivity contribution is 7.07. The van der Waals surface area contributed by atoms with Crippen molar-refractivity contribution in [3.05, 3.63) is 78.7 Å². The number of hydrogen-bond donors (Lipinski definition) is 0. The molecule has 1 aromatic heterocycles. The molecule has 0 N–H and O–H groups in total. The van der Waals surface area contributed by atoms with Crippen molar-refractivity contribution in [2.75, 3.05) is 14.2 Å². The summed E-state index contributed by atoms with van der Waals surface area (Å²) in [5, 5.41) is 0. The number of aryl methyl sites for hydroxylation is 1. The average molecular weight is 395 g/mol. The first-order valence-electron chi connectivity index (χ1n) is 8.66. The Morgan fingerprint density at radius 3 is 2.54 bits per heavy atom. The third-order valence-electron chi connectivity index (χ3n) is 4.45. The van der Waals surface area contributed by atoms with Crippen LogP contribution >= 0.6 is 11.3 Å². The van der Waals surface area contributed by atoms with E-state index in [9.17, 15) is 9.59 Å². The predicted molar refractivity (Wildman–Crippen MR) is 112 cm³/mol. The Morgan fingerprint density at radius 2 is 1.86 bits per heavy atom. The molecule has 0 bridgehead atoms. The zero-order valence-corrected chi connectivity index (χ0v) is 17.0. The lowest BCUT2D eigenvalue weighted by atomic mass is 10.1. The number of rotatable bonds is 5. The summed E-state index contributed by atoms with van der Waals surface area (Å²) in [7, 11) is 4.82. The summed E-state index contributed by atoms with van der Waals surface area (Å²) < 4.78 is 13.2.